The number of piperidine rings is 1. The van der Waals surface area contributed by atoms with E-state index in [1.165, 1.54) is 6.42 Å². The van der Waals surface area contributed by atoms with Crippen molar-refractivity contribution in [2.45, 2.75) is 45.3 Å². The van der Waals surface area contributed by atoms with Gasteiger partial charge in [0.25, 0.3) is 0 Å². The fourth-order valence-corrected chi connectivity index (χ4v) is 2.73. The molecule has 1 saturated heterocycles. The molecule has 2 aliphatic rings. The van der Waals surface area contributed by atoms with Gasteiger partial charge in [-0.25, -0.2) is 9.67 Å². The molecule has 0 spiro atoms. The molecule has 6 nitrogen and oxygen atoms in total. The van der Waals surface area contributed by atoms with Gasteiger partial charge < -0.3 is 10.2 Å². The van der Waals surface area contributed by atoms with Gasteiger partial charge in [0.1, 0.15) is 11.6 Å². The summed E-state index contributed by atoms with van der Waals surface area (Å²) in [6, 6.07) is 0.00863. The molecule has 1 N–H and O–H groups in total. The molecule has 0 unspecified atom stereocenters. The van der Waals surface area contributed by atoms with Crippen molar-refractivity contribution in [1.29, 1.82) is 0 Å². The average molecular weight is 249 g/mol. The van der Waals surface area contributed by atoms with Crippen molar-refractivity contribution in [1.82, 2.24) is 25.0 Å². The SMILES string of the molecule is Cc1nc2n(n1)CCN(C(=O)[C@H]1CCCCN1)C2. The number of aromatic nitrogens is 3. The van der Waals surface area contributed by atoms with Gasteiger partial charge in [-0.2, -0.15) is 5.10 Å². The van der Waals surface area contributed by atoms with Gasteiger partial charge in [-0.05, 0) is 26.3 Å². The maximum absolute atomic E-state index is 12.4. The molecule has 0 aromatic carbocycles. The lowest BCUT2D eigenvalue weighted by atomic mass is 10.0. The Bertz CT molecular complexity index is 449. The summed E-state index contributed by atoms with van der Waals surface area (Å²) in [4.78, 5) is 18.7. The molecule has 0 bridgehead atoms. The van der Waals surface area contributed by atoms with Crippen molar-refractivity contribution in [3.05, 3.63) is 11.6 Å². The topological polar surface area (TPSA) is 63.1 Å². The van der Waals surface area contributed by atoms with Crippen molar-refractivity contribution in [3.8, 4) is 0 Å². The van der Waals surface area contributed by atoms with E-state index in [2.05, 4.69) is 15.4 Å². The molecule has 1 aromatic rings. The Morgan fingerprint density at radius 1 is 1.39 bits per heavy atom. The zero-order valence-corrected chi connectivity index (χ0v) is 10.7. The second-order valence-electron chi connectivity index (χ2n) is 5.06. The summed E-state index contributed by atoms with van der Waals surface area (Å²) >= 11 is 0. The number of nitrogens with one attached hydrogen (secondary N) is 1. The highest BCUT2D eigenvalue weighted by atomic mass is 16.2. The van der Waals surface area contributed by atoms with Crippen molar-refractivity contribution in [3.63, 3.8) is 0 Å². The molecule has 1 aromatic heterocycles. The zero-order chi connectivity index (χ0) is 12.5. The van der Waals surface area contributed by atoms with Crippen LogP contribution in [0, 0.1) is 6.92 Å². The summed E-state index contributed by atoms with van der Waals surface area (Å²) in [6.45, 7) is 4.94. The lowest BCUT2D eigenvalue weighted by molar-refractivity contribution is -0.135. The second kappa shape index (κ2) is 4.68. The van der Waals surface area contributed by atoms with Crippen LogP contribution < -0.4 is 5.32 Å². The molecular weight excluding hydrogens is 230 g/mol. The minimum atomic E-state index is 0.00863. The molecule has 18 heavy (non-hydrogen) atoms. The van der Waals surface area contributed by atoms with Crippen molar-refractivity contribution in [2.75, 3.05) is 13.1 Å². The zero-order valence-electron chi connectivity index (χ0n) is 10.7. The van der Waals surface area contributed by atoms with E-state index >= 15 is 0 Å². The summed E-state index contributed by atoms with van der Waals surface area (Å²) < 4.78 is 1.91. The molecule has 3 heterocycles. The van der Waals surface area contributed by atoms with Gasteiger partial charge in [0.15, 0.2) is 0 Å². The van der Waals surface area contributed by atoms with Crippen LogP contribution in [-0.4, -0.2) is 44.7 Å². The van der Waals surface area contributed by atoms with Gasteiger partial charge in [0.2, 0.25) is 5.91 Å². The number of fused-ring (bicyclic) bond motifs is 1. The molecule has 98 valence electrons. The Kier molecular flexibility index (Phi) is 3.03. The number of aryl methyl sites for hydroxylation is 1. The molecule has 3 rings (SSSR count). The van der Waals surface area contributed by atoms with Crippen LogP contribution in [0.2, 0.25) is 0 Å². The summed E-state index contributed by atoms with van der Waals surface area (Å²) in [6.07, 6.45) is 3.28. The molecule has 6 heteroatoms. The highest BCUT2D eigenvalue weighted by molar-refractivity contribution is 5.82. The van der Waals surface area contributed by atoms with E-state index in [1.807, 2.05) is 16.5 Å². The average Bonchev–Trinajstić information content (AvgIpc) is 2.78. The molecule has 1 fully saturated rings. The van der Waals surface area contributed by atoms with Crippen LogP contribution in [0.4, 0.5) is 0 Å². The Morgan fingerprint density at radius 2 is 2.28 bits per heavy atom. The first-order valence-corrected chi connectivity index (χ1v) is 6.66. The Morgan fingerprint density at radius 3 is 3.06 bits per heavy atom. The summed E-state index contributed by atoms with van der Waals surface area (Å²) in [7, 11) is 0. The van der Waals surface area contributed by atoms with Gasteiger partial charge in [0, 0.05) is 6.54 Å². The van der Waals surface area contributed by atoms with Crippen LogP contribution in [-0.2, 0) is 17.9 Å². The molecule has 1 atom stereocenters. The van der Waals surface area contributed by atoms with Crippen molar-refractivity contribution < 1.29 is 4.79 Å². The lowest BCUT2D eigenvalue weighted by Crippen LogP contribution is -2.50. The highest BCUT2D eigenvalue weighted by Gasteiger charge is 2.29. The van der Waals surface area contributed by atoms with E-state index in [0.717, 1.165) is 44.1 Å². The van der Waals surface area contributed by atoms with Crippen LogP contribution in [0.25, 0.3) is 0 Å². The van der Waals surface area contributed by atoms with Crippen LogP contribution >= 0.6 is 0 Å². The fraction of sp³-hybridized carbons (Fsp3) is 0.750. The first-order valence-electron chi connectivity index (χ1n) is 6.66. The predicted octanol–water partition coefficient (Wildman–Crippen LogP) is 0.0708. The first kappa shape index (κ1) is 11.6. The smallest absolute Gasteiger partial charge is 0.240 e. The number of hydrogen-bond acceptors (Lipinski definition) is 4. The number of hydrogen-bond donors (Lipinski definition) is 1. The molecular formula is C12H19N5O. The van der Waals surface area contributed by atoms with Crippen LogP contribution in [0.3, 0.4) is 0 Å². The quantitative estimate of drug-likeness (QED) is 0.765. The van der Waals surface area contributed by atoms with Gasteiger partial charge >= 0.3 is 0 Å². The number of carbonyl (C=O) groups is 1. The van der Waals surface area contributed by atoms with Crippen molar-refractivity contribution in [2.24, 2.45) is 0 Å². The molecule has 2 aliphatic heterocycles. The maximum atomic E-state index is 12.4. The largest absolute Gasteiger partial charge is 0.332 e. The summed E-state index contributed by atoms with van der Waals surface area (Å²) in [5.41, 5.74) is 0. The molecule has 0 radical (unpaired) electrons. The van der Waals surface area contributed by atoms with E-state index in [9.17, 15) is 4.79 Å². The second-order valence-corrected chi connectivity index (χ2v) is 5.06. The van der Waals surface area contributed by atoms with Gasteiger partial charge in [-0.1, -0.05) is 6.42 Å². The number of nitrogens with zero attached hydrogens (tertiary/aromatic N) is 4. The van der Waals surface area contributed by atoms with E-state index in [0.29, 0.717) is 6.54 Å². The number of carbonyl (C=O) groups excluding carboxylic acids is 1. The highest BCUT2D eigenvalue weighted by Crippen LogP contribution is 2.15. The van der Waals surface area contributed by atoms with E-state index < -0.39 is 0 Å². The third-order valence-electron chi connectivity index (χ3n) is 3.69. The molecule has 1 amide bonds. The van der Waals surface area contributed by atoms with Crippen LogP contribution in [0.5, 0.6) is 0 Å². The lowest BCUT2D eigenvalue weighted by Gasteiger charge is -2.32. The minimum Gasteiger partial charge on any atom is -0.332 e. The van der Waals surface area contributed by atoms with E-state index in [1.54, 1.807) is 0 Å². The normalized spacial score (nSPS) is 23.8. The minimum absolute atomic E-state index is 0.00863. The van der Waals surface area contributed by atoms with Gasteiger partial charge in [-0.3, -0.25) is 4.79 Å². The summed E-state index contributed by atoms with van der Waals surface area (Å²) in [5, 5.41) is 7.62. The van der Waals surface area contributed by atoms with Crippen molar-refractivity contribution >= 4 is 5.91 Å². The Labute approximate surface area is 106 Å². The fourth-order valence-electron chi connectivity index (χ4n) is 2.73. The molecule has 0 saturated carbocycles. The molecule has 0 aliphatic carbocycles. The Hall–Kier alpha value is -1.43. The van der Waals surface area contributed by atoms with E-state index in [-0.39, 0.29) is 11.9 Å². The maximum Gasteiger partial charge on any atom is 0.240 e. The summed E-state index contributed by atoms with van der Waals surface area (Å²) in [5.74, 6) is 1.92. The van der Waals surface area contributed by atoms with Crippen LogP contribution in [0.1, 0.15) is 30.9 Å². The Balaban J connectivity index is 1.69. The number of rotatable bonds is 1. The number of amides is 1. The third-order valence-corrected chi connectivity index (χ3v) is 3.69. The van der Waals surface area contributed by atoms with E-state index in [4.69, 9.17) is 0 Å². The standard InChI is InChI=1S/C12H19N5O/c1-9-14-11-8-16(6-7-17(11)15-9)12(18)10-4-2-3-5-13-10/h10,13H,2-8H2,1H3/t10-/m1/s1. The predicted molar refractivity (Wildman–Crippen MR) is 65.8 cm³/mol. The first-order chi connectivity index (χ1) is 8.74. The van der Waals surface area contributed by atoms with Gasteiger partial charge in [-0.15, -0.1) is 0 Å². The third kappa shape index (κ3) is 2.12. The van der Waals surface area contributed by atoms with Gasteiger partial charge in [0.05, 0.1) is 19.1 Å². The monoisotopic (exact) mass is 249 g/mol. The van der Waals surface area contributed by atoms with Crippen LogP contribution in [0.15, 0.2) is 0 Å².